The number of methoxy groups -OCH3 is 1. The lowest BCUT2D eigenvalue weighted by atomic mass is 10.0. The topological polar surface area (TPSA) is 74.0 Å². The average molecular weight is 346 g/mol. The minimum Gasteiger partial charge on any atom is -0.497 e. The van der Waals surface area contributed by atoms with Crippen LogP contribution in [-0.4, -0.2) is 39.4 Å². The first-order chi connectivity index (χ1) is 12.7. The normalized spacial score (nSPS) is 14.0. The van der Waals surface area contributed by atoms with Crippen molar-refractivity contribution in [3.05, 3.63) is 59.5 Å². The Morgan fingerprint density at radius 1 is 1.19 bits per heavy atom. The number of benzene rings is 2. The molecule has 0 aliphatic carbocycles. The third-order valence-corrected chi connectivity index (χ3v) is 5.14. The number of carbonyl (C=O) groups is 1. The van der Waals surface area contributed by atoms with Crippen LogP contribution in [-0.2, 0) is 13.0 Å². The highest BCUT2D eigenvalue weighted by Crippen LogP contribution is 2.31. The molecule has 2 N–H and O–H groups in total. The molecular weight excluding hydrogens is 328 g/mol. The second-order valence-electron chi connectivity index (χ2n) is 6.60. The number of aromatic nitrogens is 3. The van der Waals surface area contributed by atoms with Crippen molar-refractivity contribution in [2.24, 2.45) is 0 Å². The summed E-state index contributed by atoms with van der Waals surface area (Å²) in [7, 11) is 1.67. The van der Waals surface area contributed by atoms with E-state index in [2.05, 4.69) is 15.0 Å². The fourth-order valence-electron chi connectivity index (χ4n) is 3.74. The number of amides is 1. The zero-order valence-corrected chi connectivity index (χ0v) is 14.4. The van der Waals surface area contributed by atoms with Crippen molar-refractivity contribution in [3.8, 4) is 5.75 Å². The van der Waals surface area contributed by atoms with Crippen LogP contribution in [0, 0.1) is 0 Å². The largest absolute Gasteiger partial charge is 0.497 e. The van der Waals surface area contributed by atoms with Gasteiger partial charge in [0, 0.05) is 47.2 Å². The maximum atomic E-state index is 13.0. The van der Waals surface area contributed by atoms with Gasteiger partial charge in [0.25, 0.3) is 5.91 Å². The van der Waals surface area contributed by atoms with Crippen LogP contribution >= 0.6 is 0 Å². The zero-order chi connectivity index (χ0) is 17.7. The van der Waals surface area contributed by atoms with E-state index in [0.29, 0.717) is 18.7 Å². The van der Waals surface area contributed by atoms with Gasteiger partial charge in [-0.25, -0.2) is 4.98 Å². The van der Waals surface area contributed by atoms with Gasteiger partial charge in [-0.05, 0) is 36.4 Å². The highest BCUT2D eigenvalue weighted by atomic mass is 16.5. The molecule has 2 aromatic carbocycles. The molecule has 0 radical (unpaired) electrons. The summed E-state index contributed by atoms with van der Waals surface area (Å²) in [5.41, 5.74) is 5.91. The number of fused-ring (bicyclic) bond motifs is 4. The smallest absolute Gasteiger partial charge is 0.254 e. The Morgan fingerprint density at radius 2 is 2.12 bits per heavy atom. The summed E-state index contributed by atoms with van der Waals surface area (Å²) in [4.78, 5) is 25.7. The van der Waals surface area contributed by atoms with Crippen LogP contribution < -0.4 is 4.74 Å². The van der Waals surface area contributed by atoms with Gasteiger partial charge in [0.05, 0.1) is 24.5 Å². The number of H-pyrrole nitrogens is 2. The average Bonchev–Trinajstić information content (AvgIpc) is 3.29. The minimum absolute atomic E-state index is 0.0457. The summed E-state index contributed by atoms with van der Waals surface area (Å²) in [5, 5.41) is 1.13. The molecule has 0 spiro atoms. The van der Waals surface area contributed by atoms with Crippen LogP contribution in [0.15, 0.2) is 42.7 Å². The van der Waals surface area contributed by atoms with Gasteiger partial charge in [-0.3, -0.25) is 4.79 Å². The maximum Gasteiger partial charge on any atom is 0.254 e. The molecule has 0 fully saturated rings. The van der Waals surface area contributed by atoms with Crippen LogP contribution in [0.25, 0.3) is 21.9 Å². The van der Waals surface area contributed by atoms with Crippen molar-refractivity contribution in [1.29, 1.82) is 0 Å². The van der Waals surface area contributed by atoms with Crippen molar-refractivity contribution >= 4 is 27.8 Å². The molecular formula is C20H18N4O2. The van der Waals surface area contributed by atoms with Gasteiger partial charge in [-0.2, -0.15) is 0 Å². The van der Waals surface area contributed by atoms with Crippen molar-refractivity contribution in [1.82, 2.24) is 19.9 Å². The first kappa shape index (κ1) is 15.0. The molecule has 26 heavy (non-hydrogen) atoms. The molecule has 0 saturated heterocycles. The third kappa shape index (κ3) is 2.26. The zero-order valence-electron chi connectivity index (χ0n) is 14.4. The SMILES string of the molecule is COc1ccc2[nH]c3c(c2c1)CN(C(=O)c1ccc2nc[nH]c2c1)CC3. The van der Waals surface area contributed by atoms with Crippen molar-refractivity contribution in [2.45, 2.75) is 13.0 Å². The highest BCUT2D eigenvalue weighted by Gasteiger charge is 2.25. The number of nitrogens with zero attached hydrogens (tertiary/aromatic N) is 2. The Hall–Kier alpha value is -3.28. The maximum absolute atomic E-state index is 13.0. The summed E-state index contributed by atoms with van der Waals surface area (Å²) in [6.45, 7) is 1.30. The van der Waals surface area contributed by atoms with Crippen molar-refractivity contribution in [3.63, 3.8) is 0 Å². The van der Waals surface area contributed by atoms with Crippen LogP contribution in [0.1, 0.15) is 21.6 Å². The lowest BCUT2D eigenvalue weighted by molar-refractivity contribution is 0.0735. The summed E-state index contributed by atoms with van der Waals surface area (Å²) < 4.78 is 5.36. The Kier molecular flexibility index (Phi) is 3.25. The number of ether oxygens (including phenoxy) is 1. The molecule has 3 heterocycles. The molecule has 5 rings (SSSR count). The molecule has 6 nitrogen and oxygen atoms in total. The fourth-order valence-corrected chi connectivity index (χ4v) is 3.74. The molecule has 1 aliphatic rings. The van der Waals surface area contributed by atoms with Crippen LogP contribution in [0.2, 0.25) is 0 Å². The van der Waals surface area contributed by atoms with Crippen molar-refractivity contribution in [2.75, 3.05) is 13.7 Å². The van der Waals surface area contributed by atoms with E-state index in [9.17, 15) is 4.79 Å². The van der Waals surface area contributed by atoms with Gasteiger partial charge in [0.15, 0.2) is 0 Å². The molecule has 1 amide bonds. The van der Waals surface area contributed by atoms with Crippen LogP contribution in [0.4, 0.5) is 0 Å². The fraction of sp³-hybridized carbons (Fsp3) is 0.200. The van der Waals surface area contributed by atoms with Crippen molar-refractivity contribution < 1.29 is 9.53 Å². The number of imidazole rings is 1. The number of hydrogen-bond donors (Lipinski definition) is 2. The summed E-state index contributed by atoms with van der Waals surface area (Å²) >= 11 is 0. The molecule has 0 unspecified atom stereocenters. The quantitative estimate of drug-likeness (QED) is 0.585. The molecule has 0 atom stereocenters. The first-order valence-corrected chi connectivity index (χ1v) is 8.63. The number of rotatable bonds is 2. The predicted octanol–water partition coefficient (Wildman–Crippen LogP) is 3.25. The van der Waals surface area contributed by atoms with Crippen LogP contribution in [0.5, 0.6) is 5.75 Å². The molecule has 0 saturated carbocycles. The summed E-state index contributed by atoms with van der Waals surface area (Å²) in [6.07, 6.45) is 2.47. The summed E-state index contributed by atoms with van der Waals surface area (Å²) in [5.74, 6) is 0.872. The van der Waals surface area contributed by atoms with E-state index in [1.807, 2.05) is 41.3 Å². The Labute approximate surface area is 149 Å². The molecule has 2 aromatic heterocycles. The second-order valence-corrected chi connectivity index (χ2v) is 6.60. The molecule has 0 bridgehead atoms. The van der Waals surface area contributed by atoms with E-state index in [-0.39, 0.29) is 5.91 Å². The van der Waals surface area contributed by atoms with Gasteiger partial charge in [-0.1, -0.05) is 0 Å². The van der Waals surface area contributed by atoms with E-state index < -0.39 is 0 Å². The molecule has 1 aliphatic heterocycles. The van der Waals surface area contributed by atoms with E-state index in [1.54, 1.807) is 13.4 Å². The number of hydrogen-bond acceptors (Lipinski definition) is 3. The van der Waals surface area contributed by atoms with E-state index in [0.717, 1.165) is 34.1 Å². The number of aromatic amines is 2. The van der Waals surface area contributed by atoms with E-state index in [1.165, 1.54) is 11.3 Å². The van der Waals surface area contributed by atoms with Gasteiger partial charge in [0.2, 0.25) is 0 Å². The number of carbonyl (C=O) groups excluding carboxylic acids is 1. The monoisotopic (exact) mass is 346 g/mol. The minimum atomic E-state index is 0.0457. The molecule has 130 valence electrons. The standard InChI is InChI=1S/C20H18N4O2/c1-26-13-3-5-16-14(9-13)15-10-24(7-6-17(15)23-16)20(25)12-2-4-18-19(8-12)22-11-21-18/h2-5,8-9,11,23H,6-7,10H2,1H3,(H,21,22). The van der Waals surface area contributed by atoms with E-state index >= 15 is 0 Å². The molecule has 6 heteroatoms. The Balaban J connectivity index is 1.50. The number of nitrogens with one attached hydrogen (secondary N) is 2. The predicted molar refractivity (Wildman–Crippen MR) is 99.4 cm³/mol. The van der Waals surface area contributed by atoms with Gasteiger partial charge < -0.3 is 19.6 Å². The first-order valence-electron chi connectivity index (χ1n) is 8.63. The second kappa shape index (κ2) is 5.62. The van der Waals surface area contributed by atoms with Gasteiger partial charge in [-0.15, -0.1) is 0 Å². The Morgan fingerprint density at radius 3 is 3.00 bits per heavy atom. The van der Waals surface area contributed by atoms with E-state index in [4.69, 9.17) is 4.74 Å². The lowest BCUT2D eigenvalue weighted by Gasteiger charge is -2.27. The van der Waals surface area contributed by atoms with Crippen LogP contribution in [0.3, 0.4) is 0 Å². The lowest BCUT2D eigenvalue weighted by Crippen LogP contribution is -2.35. The third-order valence-electron chi connectivity index (χ3n) is 5.14. The highest BCUT2D eigenvalue weighted by molar-refractivity contribution is 5.98. The van der Waals surface area contributed by atoms with Gasteiger partial charge >= 0.3 is 0 Å². The van der Waals surface area contributed by atoms with Gasteiger partial charge in [0.1, 0.15) is 5.75 Å². The molecule has 4 aromatic rings. The Bertz CT molecular complexity index is 1140. The summed E-state index contributed by atoms with van der Waals surface area (Å²) in [6, 6.07) is 11.6.